The average molecular weight is 821 g/mol. The van der Waals surface area contributed by atoms with E-state index in [1.807, 2.05) is 0 Å². The van der Waals surface area contributed by atoms with Crippen LogP contribution in [0, 0.1) is 17.5 Å². The van der Waals surface area contributed by atoms with Crippen molar-refractivity contribution in [2.24, 2.45) is 0 Å². The third-order valence-corrected chi connectivity index (χ3v) is 10.1. The molecule has 0 bridgehead atoms. The maximum absolute atomic E-state index is 14.7. The lowest BCUT2D eigenvalue weighted by atomic mass is 10.1. The van der Waals surface area contributed by atoms with Crippen molar-refractivity contribution in [1.82, 2.24) is 29.6 Å². The Balaban J connectivity index is 1.44. The summed E-state index contributed by atoms with van der Waals surface area (Å²) in [6, 6.07) is 14.1. The van der Waals surface area contributed by atoms with Crippen LogP contribution >= 0.6 is 0 Å². The molecule has 1 aromatic heterocycles. The van der Waals surface area contributed by atoms with Crippen molar-refractivity contribution < 1.29 is 46.6 Å². The normalized spacial score (nSPS) is 16.8. The Labute approximate surface area is 342 Å². The summed E-state index contributed by atoms with van der Waals surface area (Å²) in [5.74, 6) is -2.53. The van der Waals surface area contributed by atoms with Crippen molar-refractivity contribution in [2.75, 3.05) is 33.8 Å². The molecule has 1 aliphatic rings. The van der Waals surface area contributed by atoms with E-state index >= 15 is 0 Å². The second-order valence-corrected chi connectivity index (χ2v) is 15.5. The first kappa shape index (κ1) is 44.2. The monoisotopic (exact) mass is 820 g/mol. The number of aromatic nitrogens is 2. The van der Waals surface area contributed by atoms with Gasteiger partial charge in [-0.3, -0.25) is 19.3 Å². The van der Waals surface area contributed by atoms with Crippen LogP contribution in [0.1, 0.15) is 57.1 Å². The van der Waals surface area contributed by atoms with Crippen LogP contribution < -0.4 is 10.1 Å². The lowest BCUT2D eigenvalue weighted by Crippen LogP contribution is -2.59. The largest absolute Gasteiger partial charge is 0.489 e. The first-order chi connectivity index (χ1) is 27.9. The van der Waals surface area contributed by atoms with Crippen molar-refractivity contribution >= 4 is 23.8 Å². The van der Waals surface area contributed by atoms with E-state index in [2.05, 4.69) is 10.3 Å². The highest BCUT2D eigenvalue weighted by Gasteiger charge is 2.43. The number of methoxy groups -OCH3 is 1. The smallest absolute Gasteiger partial charge is 0.410 e. The minimum atomic E-state index is -1.23. The van der Waals surface area contributed by atoms with Crippen LogP contribution in [-0.4, -0.2) is 118 Å². The van der Waals surface area contributed by atoms with Crippen molar-refractivity contribution in [1.29, 1.82) is 0 Å². The summed E-state index contributed by atoms with van der Waals surface area (Å²) >= 11 is 0. The second kappa shape index (κ2) is 19.2. The van der Waals surface area contributed by atoms with Gasteiger partial charge in [0, 0.05) is 45.6 Å². The molecule has 1 N–H and O–H groups in total. The number of ether oxygens (including phenoxy) is 3. The molecule has 4 aromatic rings. The minimum absolute atomic E-state index is 0.00172. The number of benzene rings is 3. The van der Waals surface area contributed by atoms with Crippen LogP contribution in [0.15, 0.2) is 85.3 Å². The highest BCUT2D eigenvalue weighted by atomic mass is 19.1. The van der Waals surface area contributed by atoms with E-state index in [4.69, 9.17) is 14.2 Å². The van der Waals surface area contributed by atoms with Crippen LogP contribution in [0.5, 0.6) is 5.75 Å². The third kappa shape index (κ3) is 11.8. The molecule has 5 rings (SSSR count). The molecule has 4 amide bonds. The number of nitrogens with one attached hydrogen (secondary N) is 1. The number of hydrogen-bond acceptors (Lipinski definition) is 8. The molecule has 1 saturated heterocycles. The fraction of sp³-hybridized carbons (Fsp3) is 0.419. The Morgan fingerprint density at radius 3 is 2.10 bits per heavy atom. The van der Waals surface area contributed by atoms with Gasteiger partial charge in [0.05, 0.1) is 18.7 Å². The highest BCUT2D eigenvalue weighted by Crippen LogP contribution is 2.27. The summed E-state index contributed by atoms with van der Waals surface area (Å²) in [5.41, 5.74) is 0.625. The Kier molecular flexibility index (Phi) is 14.4. The van der Waals surface area contributed by atoms with E-state index in [0.29, 0.717) is 17.9 Å². The van der Waals surface area contributed by atoms with Gasteiger partial charge in [0.25, 0.3) is 5.91 Å². The van der Waals surface area contributed by atoms with E-state index < -0.39 is 77.2 Å². The van der Waals surface area contributed by atoms with Gasteiger partial charge >= 0.3 is 6.09 Å². The fourth-order valence-electron chi connectivity index (χ4n) is 6.54. The standard InChI is InChI=1S/C43H51F3N6O7/c1-27(49(6)42(56)59-43(3,4)5)39(53)48-38(28(2)57-7)41(55)52-24-36(58-35-18-14-32(46)15-19-35)22-34(52)23-50(21-20-29-8-10-30(44)11-9-29)40(54)37-25-51(26-47-37)33-16-12-31(45)13-17-33/h8-19,25-28,34,36,38H,20-24H2,1-7H3,(H,48,53)/t27-,28+,34-,36-,38-/m0/s1. The van der Waals surface area contributed by atoms with Crippen LogP contribution in [0.2, 0.25) is 0 Å². The molecule has 316 valence electrons. The second-order valence-electron chi connectivity index (χ2n) is 15.5. The summed E-state index contributed by atoms with van der Waals surface area (Å²) in [5, 5.41) is 2.77. The molecule has 5 atom stereocenters. The maximum atomic E-state index is 14.7. The molecular formula is C43H51F3N6O7. The summed E-state index contributed by atoms with van der Waals surface area (Å²) < 4.78 is 60.0. The van der Waals surface area contributed by atoms with Crippen molar-refractivity contribution in [2.45, 2.75) is 83.4 Å². The number of rotatable bonds is 15. The number of nitrogens with zero attached hydrogens (tertiary/aromatic N) is 5. The molecule has 16 heteroatoms. The Hall–Kier alpha value is -5.90. The van der Waals surface area contributed by atoms with Crippen LogP contribution in [0.25, 0.3) is 5.69 Å². The zero-order chi connectivity index (χ0) is 43.0. The van der Waals surface area contributed by atoms with E-state index in [0.717, 1.165) is 10.5 Å². The van der Waals surface area contributed by atoms with Crippen LogP contribution in [0.4, 0.5) is 18.0 Å². The molecule has 0 unspecified atom stereocenters. The molecule has 2 heterocycles. The van der Waals surface area contributed by atoms with E-state index in [1.165, 1.54) is 87.0 Å². The third-order valence-electron chi connectivity index (χ3n) is 10.1. The predicted molar refractivity (Wildman–Crippen MR) is 212 cm³/mol. The molecule has 0 spiro atoms. The first-order valence-electron chi connectivity index (χ1n) is 19.3. The van der Waals surface area contributed by atoms with Crippen molar-refractivity contribution in [3.63, 3.8) is 0 Å². The number of halogens is 3. The molecule has 1 fully saturated rings. The van der Waals surface area contributed by atoms with Gasteiger partial charge in [-0.05, 0) is 107 Å². The maximum Gasteiger partial charge on any atom is 0.410 e. The zero-order valence-electron chi connectivity index (χ0n) is 34.2. The molecule has 0 saturated carbocycles. The van der Waals surface area contributed by atoms with Gasteiger partial charge < -0.3 is 33.9 Å². The predicted octanol–water partition coefficient (Wildman–Crippen LogP) is 5.80. The van der Waals surface area contributed by atoms with Gasteiger partial charge in [0.15, 0.2) is 0 Å². The molecule has 1 aliphatic heterocycles. The number of amides is 4. The van der Waals surface area contributed by atoms with Crippen LogP contribution in [-0.2, 0) is 25.5 Å². The van der Waals surface area contributed by atoms with Crippen LogP contribution in [0.3, 0.4) is 0 Å². The molecule has 0 radical (unpaired) electrons. The topological polar surface area (TPSA) is 136 Å². The van der Waals surface area contributed by atoms with E-state index in [-0.39, 0.29) is 31.7 Å². The molecular weight excluding hydrogens is 770 g/mol. The van der Waals surface area contributed by atoms with Gasteiger partial charge in [0.1, 0.15) is 59.0 Å². The SMILES string of the molecule is CO[C@H](C)[C@H](NC(=O)[C@H](C)N(C)C(=O)OC(C)(C)C)C(=O)N1C[C@@H](Oc2ccc(F)cc2)C[C@H]1CN(CCc1ccc(F)cc1)C(=O)c1cn(-c2ccc(F)cc2)cn1. The summed E-state index contributed by atoms with van der Waals surface area (Å²) in [6.07, 6.45) is 1.38. The summed E-state index contributed by atoms with van der Waals surface area (Å²) in [7, 11) is 2.82. The summed E-state index contributed by atoms with van der Waals surface area (Å²) in [6.45, 7) is 8.43. The minimum Gasteiger partial charge on any atom is -0.489 e. The number of carbonyl (C=O) groups excluding carboxylic acids is 4. The van der Waals surface area contributed by atoms with Gasteiger partial charge in [-0.2, -0.15) is 0 Å². The molecule has 0 aliphatic carbocycles. The fourth-order valence-corrected chi connectivity index (χ4v) is 6.54. The number of imidazole rings is 1. The van der Waals surface area contributed by atoms with Gasteiger partial charge in [-0.1, -0.05) is 12.1 Å². The van der Waals surface area contributed by atoms with Gasteiger partial charge in [-0.25, -0.2) is 22.9 Å². The lowest BCUT2D eigenvalue weighted by Gasteiger charge is -2.35. The molecule has 59 heavy (non-hydrogen) atoms. The number of likely N-dealkylation sites (tertiary alicyclic amines) is 1. The highest BCUT2D eigenvalue weighted by molar-refractivity contribution is 5.93. The number of carbonyl (C=O) groups is 4. The van der Waals surface area contributed by atoms with Gasteiger partial charge in [-0.15, -0.1) is 0 Å². The Bertz CT molecular complexity index is 2060. The van der Waals surface area contributed by atoms with E-state index in [1.54, 1.807) is 61.4 Å². The molecule has 3 aromatic carbocycles. The lowest BCUT2D eigenvalue weighted by molar-refractivity contribution is -0.142. The number of likely N-dealkylation sites (N-methyl/N-ethyl adjacent to an activating group) is 1. The first-order valence-corrected chi connectivity index (χ1v) is 19.3. The van der Waals surface area contributed by atoms with Gasteiger partial charge in [0.2, 0.25) is 11.8 Å². The van der Waals surface area contributed by atoms with Crippen molar-refractivity contribution in [3.05, 3.63) is 114 Å². The Morgan fingerprint density at radius 1 is 0.915 bits per heavy atom. The molecule has 13 nitrogen and oxygen atoms in total. The average Bonchev–Trinajstić information content (AvgIpc) is 3.86. The summed E-state index contributed by atoms with van der Waals surface area (Å²) in [4.78, 5) is 64.1. The number of hydrogen-bond donors (Lipinski definition) is 1. The Morgan fingerprint density at radius 2 is 1.51 bits per heavy atom. The van der Waals surface area contributed by atoms with E-state index in [9.17, 15) is 32.3 Å². The zero-order valence-corrected chi connectivity index (χ0v) is 34.2. The quantitative estimate of drug-likeness (QED) is 0.159. The van der Waals surface area contributed by atoms with Crippen molar-refractivity contribution in [3.8, 4) is 11.4 Å².